The Kier molecular flexibility index (Phi) is 6.52. The van der Waals surface area contributed by atoms with Gasteiger partial charge in [-0.2, -0.15) is 0 Å². The molecule has 100 valence electrons. The lowest BCUT2D eigenvalue weighted by molar-refractivity contribution is -0.132. The van der Waals surface area contributed by atoms with Gasteiger partial charge in [0.25, 0.3) is 0 Å². The fourth-order valence-corrected chi connectivity index (χ4v) is 2.21. The number of ether oxygens (including phenoxy) is 1. The molecule has 1 saturated heterocycles. The first-order chi connectivity index (χ1) is 8.15. The van der Waals surface area contributed by atoms with Gasteiger partial charge in [-0.05, 0) is 45.7 Å². The quantitative estimate of drug-likeness (QED) is 0.792. The average Bonchev–Trinajstić information content (AvgIpc) is 2.63. The first-order valence-corrected chi connectivity index (χ1v) is 6.64. The number of rotatable bonds is 5. The van der Waals surface area contributed by atoms with Gasteiger partial charge < -0.3 is 15.0 Å². The van der Waals surface area contributed by atoms with Crippen molar-refractivity contribution < 1.29 is 9.53 Å². The highest BCUT2D eigenvalue weighted by Gasteiger charge is 2.20. The molecule has 2 unspecified atom stereocenters. The highest BCUT2D eigenvalue weighted by Crippen LogP contribution is 2.14. The second-order valence-corrected chi connectivity index (χ2v) is 4.92. The van der Waals surface area contributed by atoms with Gasteiger partial charge in [0, 0.05) is 26.6 Å². The van der Waals surface area contributed by atoms with Crippen LogP contribution >= 0.6 is 0 Å². The third-order valence-corrected chi connectivity index (χ3v) is 3.65. The summed E-state index contributed by atoms with van der Waals surface area (Å²) < 4.78 is 5.17. The lowest BCUT2D eigenvalue weighted by Crippen LogP contribution is -2.37. The molecule has 1 rings (SSSR count). The van der Waals surface area contributed by atoms with Crippen LogP contribution in [0.3, 0.4) is 0 Å². The van der Waals surface area contributed by atoms with Crippen LogP contribution in [0.4, 0.5) is 0 Å². The highest BCUT2D eigenvalue weighted by atomic mass is 16.5. The minimum absolute atomic E-state index is 0.170. The Balaban J connectivity index is 2.33. The molecule has 17 heavy (non-hydrogen) atoms. The monoisotopic (exact) mass is 242 g/mol. The van der Waals surface area contributed by atoms with E-state index in [-0.39, 0.29) is 12.0 Å². The third kappa shape index (κ3) is 5.04. The van der Waals surface area contributed by atoms with Gasteiger partial charge >= 0.3 is 0 Å². The summed E-state index contributed by atoms with van der Waals surface area (Å²) in [5.74, 6) is 0.251. The van der Waals surface area contributed by atoms with E-state index in [1.54, 1.807) is 7.11 Å². The van der Waals surface area contributed by atoms with E-state index in [1.807, 2.05) is 18.9 Å². The molecular weight excluding hydrogens is 216 g/mol. The Morgan fingerprint density at radius 2 is 2.24 bits per heavy atom. The Bertz CT molecular complexity index is 225. The molecule has 1 aliphatic heterocycles. The maximum absolute atomic E-state index is 12.0. The summed E-state index contributed by atoms with van der Waals surface area (Å²) in [7, 11) is 3.63. The van der Waals surface area contributed by atoms with Crippen molar-refractivity contribution in [3.8, 4) is 0 Å². The van der Waals surface area contributed by atoms with E-state index in [2.05, 4.69) is 5.32 Å². The maximum Gasteiger partial charge on any atom is 0.222 e. The molecule has 0 aromatic rings. The zero-order valence-electron chi connectivity index (χ0n) is 11.4. The molecule has 0 spiro atoms. The molecule has 2 atom stereocenters. The maximum atomic E-state index is 12.0. The predicted molar refractivity (Wildman–Crippen MR) is 69.0 cm³/mol. The SMILES string of the molecule is COC(C)CCC(=O)N(C)C1CCCNCC1. The van der Waals surface area contributed by atoms with Gasteiger partial charge in [0.15, 0.2) is 0 Å². The Labute approximate surface area is 105 Å². The Morgan fingerprint density at radius 1 is 1.47 bits per heavy atom. The number of hydrogen-bond donors (Lipinski definition) is 1. The number of hydrogen-bond acceptors (Lipinski definition) is 3. The van der Waals surface area contributed by atoms with Gasteiger partial charge in [-0.25, -0.2) is 0 Å². The van der Waals surface area contributed by atoms with Crippen LogP contribution in [0, 0.1) is 0 Å². The lowest BCUT2D eigenvalue weighted by atomic mass is 10.1. The molecule has 1 heterocycles. The minimum atomic E-state index is 0.170. The molecule has 0 aromatic carbocycles. The molecule has 1 amide bonds. The van der Waals surface area contributed by atoms with E-state index in [9.17, 15) is 4.79 Å². The molecular formula is C13H26N2O2. The lowest BCUT2D eigenvalue weighted by Gasteiger charge is -2.27. The Hall–Kier alpha value is -0.610. The molecule has 1 N–H and O–H groups in total. The van der Waals surface area contributed by atoms with Crippen LogP contribution in [0.15, 0.2) is 0 Å². The van der Waals surface area contributed by atoms with E-state index < -0.39 is 0 Å². The van der Waals surface area contributed by atoms with E-state index >= 15 is 0 Å². The summed E-state index contributed by atoms with van der Waals surface area (Å²) in [6, 6.07) is 0.412. The average molecular weight is 242 g/mol. The fourth-order valence-electron chi connectivity index (χ4n) is 2.21. The van der Waals surface area contributed by atoms with Crippen molar-refractivity contribution in [2.45, 2.75) is 51.2 Å². The third-order valence-electron chi connectivity index (χ3n) is 3.65. The van der Waals surface area contributed by atoms with E-state index in [0.717, 1.165) is 38.8 Å². The van der Waals surface area contributed by atoms with E-state index in [4.69, 9.17) is 4.74 Å². The van der Waals surface area contributed by atoms with Crippen molar-refractivity contribution in [3.63, 3.8) is 0 Å². The summed E-state index contributed by atoms with van der Waals surface area (Å²) in [5, 5.41) is 3.37. The molecule has 1 fully saturated rings. The molecule has 0 radical (unpaired) electrons. The zero-order chi connectivity index (χ0) is 12.7. The molecule has 4 nitrogen and oxygen atoms in total. The normalized spacial score (nSPS) is 22.9. The number of carbonyl (C=O) groups is 1. The van der Waals surface area contributed by atoms with Crippen LogP contribution in [-0.4, -0.2) is 50.2 Å². The van der Waals surface area contributed by atoms with Crippen LogP contribution in [0.2, 0.25) is 0 Å². The molecule has 0 bridgehead atoms. The summed E-state index contributed by atoms with van der Waals surface area (Å²) in [6.07, 6.45) is 4.93. The van der Waals surface area contributed by atoms with Crippen LogP contribution in [0.25, 0.3) is 0 Å². The van der Waals surface area contributed by atoms with Crippen LogP contribution in [-0.2, 0) is 9.53 Å². The van der Waals surface area contributed by atoms with Gasteiger partial charge in [0.05, 0.1) is 6.10 Å². The summed E-state index contributed by atoms with van der Waals surface area (Å²) >= 11 is 0. The van der Waals surface area contributed by atoms with Gasteiger partial charge in [0.2, 0.25) is 5.91 Å². The van der Waals surface area contributed by atoms with Crippen molar-refractivity contribution in [1.82, 2.24) is 10.2 Å². The second kappa shape index (κ2) is 7.67. The fraction of sp³-hybridized carbons (Fsp3) is 0.923. The largest absolute Gasteiger partial charge is 0.382 e. The first-order valence-electron chi connectivity index (χ1n) is 6.64. The molecule has 1 aliphatic rings. The van der Waals surface area contributed by atoms with Crippen LogP contribution in [0.1, 0.15) is 39.0 Å². The summed E-state index contributed by atoms with van der Waals surface area (Å²) in [6.45, 7) is 4.11. The minimum Gasteiger partial charge on any atom is -0.382 e. The predicted octanol–water partition coefficient (Wildman–Crippen LogP) is 1.40. The van der Waals surface area contributed by atoms with Gasteiger partial charge in [-0.3, -0.25) is 4.79 Å². The van der Waals surface area contributed by atoms with Crippen LogP contribution < -0.4 is 5.32 Å². The topological polar surface area (TPSA) is 41.6 Å². The van der Waals surface area contributed by atoms with Gasteiger partial charge in [-0.15, -0.1) is 0 Å². The number of nitrogens with zero attached hydrogens (tertiary/aromatic N) is 1. The molecule has 0 aliphatic carbocycles. The number of amides is 1. The van der Waals surface area contributed by atoms with E-state index in [0.29, 0.717) is 12.5 Å². The van der Waals surface area contributed by atoms with Crippen molar-refractivity contribution >= 4 is 5.91 Å². The molecule has 0 aromatic heterocycles. The first kappa shape index (κ1) is 14.5. The van der Waals surface area contributed by atoms with Crippen molar-refractivity contribution in [1.29, 1.82) is 0 Å². The Morgan fingerprint density at radius 3 is 2.94 bits per heavy atom. The molecule has 4 heteroatoms. The van der Waals surface area contributed by atoms with E-state index in [1.165, 1.54) is 0 Å². The van der Waals surface area contributed by atoms with Crippen molar-refractivity contribution in [3.05, 3.63) is 0 Å². The van der Waals surface area contributed by atoms with Gasteiger partial charge in [0.1, 0.15) is 0 Å². The summed E-state index contributed by atoms with van der Waals surface area (Å²) in [5.41, 5.74) is 0. The smallest absolute Gasteiger partial charge is 0.222 e. The standard InChI is InChI=1S/C13H26N2O2/c1-11(17-3)6-7-13(16)15(2)12-5-4-9-14-10-8-12/h11-12,14H,4-10H2,1-3H3. The number of nitrogens with one attached hydrogen (secondary N) is 1. The summed E-state index contributed by atoms with van der Waals surface area (Å²) in [4.78, 5) is 14.0. The van der Waals surface area contributed by atoms with Crippen LogP contribution in [0.5, 0.6) is 0 Å². The molecule has 0 saturated carbocycles. The highest BCUT2D eigenvalue weighted by molar-refractivity contribution is 5.76. The number of carbonyl (C=O) groups excluding carboxylic acids is 1. The van der Waals surface area contributed by atoms with Gasteiger partial charge in [-0.1, -0.05) is 0 Å². The number of methoxy groups -OCH3 is 1. The second-order valence-electron chi connectivity index (χ2n) is 4.92. The van der Waals surface area contributed by atoms with Crippen molar-refractivity contribution in [2.24, 2.45) is 0 Å². The zero-order valence-corrected chi connectivity index (χ0v) is 11.4. The van der Waals surface area contributed by atoms with Crippen molar-refractivity contribution in [2.75, 3.05) is 27.2 Å².